The molecule has 0 saturated heterocycles. The van der Waals surface area contributed by atoms with Gasteiger partial charge in [-0.2, -0.15) is 13.2 Å². The molecule has 0 atom stereocenters. The number of alkyl halides is 3. The summed E-state index contributed by atoms with van der Waals surface area (Å²) in [6.07, 6.45) is 0.357. The van der Waals surface area contributed by atoms with Gasteiger partial charge in [-0.05, 0) is 55.3 Å². The number of rotatable bonds is 5. The number of hydrogen-bond donors (Lipinski definition) is 2. The van der Waals surface area contributed by atoms with Gasteiger partial charge in [-0.15, -0.1) is 0 Å². The maximum atomic E-state index is 12.9. The van der Waals surface area contributed by atoms with Gasteiger partial charge in [0.25, 0.3) is 17.4 Å². The highest BCUT2D eigenvalue weighted by Crippen LogP contribution is 2.29. The number of carbonyl (C=O) groups is 2. The number of benzene rings is 2. The summed E-state index contributed by atoms with van der Waals surface area (Å²) in [7, 11) is 0. The van der Waals surface area contributed by atoms with Gasteiger partial charge >= 0.3 is 6.18 Å². The molecule has 4 rings (SSSR count). The predicted octanol–water partition coefficient (Wildman–Crippen LogP) is 3.69. The lowest BCUT2D eigenvalue weighted by Crippen LogP contribution is -2.34. The largest absolute Gasteiger partial charge is 0.416 e. The van der Waals surface area contributed by atoms with E-state index >= 15 is 0 Å². The van der Waals surface area contributed by atoms with Gasteiger partial charge in [0.1, 0.15) is 5.82 Å². The molecule has 2 amide bonds. The molecule has 3 aromatic rings. The minimum atomic E-state index is -4.47. The molecule has 35 heavy (non-hydrogen) atoms. The molecular weight excluding hydrogens is 461 g/mol. The molecule has 184 valence electrons. The summed E-state index contributed by atoms with van der Waals surface area (Å²) >= 11 is 0. The summed E-state index contributed by atoms with van der Waals surface area (Å²) in [5, 5.41) is 5.70. The van der Waals surface area contributed by atoms with Crippen molar-refractivity contribution in [3.8, 4) is 0 Å². The number of aryl methyl sites for hydroxylation is 1. The molecule has 0 aliphatic carbocycles. The first-order chi connectivity index (χ1) is 16.7. The zero-order valence-electron chi connectivity index (χ0n) is 19.0. The SMILES string of the molecule is O=C(NCCNC(=O)c1ccc2c(=O)n3c(nc2c1)CCCCCC3)c1ccc(C(F)(F)F)cc1. The summed E-state index contributed by atoms with van der Waals surface area (Å²) in [6.45, 7) is 0.855. The third kappa shape index (κ3) is 5.70. The van der Waals surface area contributed by atoms with E-state index in [1.54, 1.807) is 22.8 Å². The Labute approximate surface area is 199 Å². The molecule has 1 aromatic heterocycles. The summed E-state index contributed by atoms with van der Waals surface area (Å²) in [5.41, 5.74) is -0.0179. The van der Waals surface area contributed by atoms with Crippen LogP contribution in [0.15, 0.2) is 47.3 Å². The van der Waals surface area contributed by atoms with E-state index in [9.17, 15) is 27.6 Å². The van der Waals surface area contributed by atoms with Crippen LogP contribution in [0.3, 0.4) is 0 Å². The van der Waals surface area contributed by atoms with E-state index < -0.39 is 17.6 Å². The normalized spacial score (nSPS) is 14.0. The molecule has 2 N–H and O–H groups in total. The number of halogens is 3. The van der Waals surface area contributed by atoms with Crippen molar-refractivity contribution in [2.75, 3.05) is 13.1 Å². The molecule has 10 heteroatoms. The third-order valence-corrected chi connectivity index (χ3v) is 6.00. The van der Waals surface area contributed by atoms with E-state index in [1.165, 1.54) is 0 Å². The highest BCUT2D eigenvalue weighted by molar-refractivity contribution is 5.98. The van der Waals surface area contributed by atoms with Crippen molar-refractivity contribution in [1.82, 2.24) is 20.2 Å². The minimum Gasteiger partial charge on any atom is -0.350 e. The van der Waals surface area contributed by atoms with Crippen molar-refractivity contribution in [1.29, 1.82) is 0 Å². The maximum Gasteiger partial charge on any atom is 0.416 e. The van der Waals surface area contributed by atoms with Crippen LogP contribution in [0.2, 0.25) is 0 Å². The number of nitrogens with zero attached hydrogens (tertiary/aromatic N) is 2. The van der Waals surface area contributed by atoms with Crippen LogP contribution in [0.25, 0.3) is 10.9 Å². The summed E-state index contributed by atoms with van der Waals surface area (Å²) < 4.78 is 39.6. The molecule has 7 nitrogen and oxygen atoms in total. The Morgan fingerprint density at radius 1 is 0.886 bits per heavy atom. The van der Waals surface area contributed by atoms with Crippen LogP contribution in [0.4, 0.5) is 13.2 Å². The quantitative estimate of drug-likeness (QED) is 0.538. The Bertz CT molecular complexity index is 1300. The Morgan fingerprint density at radius 2 is 1.51 bits per heavy atom. The first-order valence-corrected chi connectivity index (χ1v) is 11.5. The van der Waals surface area contributed by atoms with Gasteiger partial charge in [0.15, 0.2) is 0 Å². The highest BCUT2D eigenvalue weighted by Gasteiger charge is 2.30. The summed E-state index contributed by atoms with van der Waals surface area (Å²) in [4.78, 5) is 42.2. The van der Waals surface area contributed by atoms with Gasteiger partial charge in [-0.1, -0.05) is 12.8 Å². The molecular formula is C25H25F3N4O3. The van der Waals surface area contributed by atoms with Crippen LogP contribution >= 0.6 is 0 Å². The Balaban J connectivity index is 1.36. The lowest BCUT2D eigenvalue weighted by molar-refractivity contribution is -0.137. The average Bonchev–Trinajstić information content (AvgIpc) is 2.82. The average molecular weight is 486 g/mol. The van der Waals surface area contributed by atoms with Gasteiger partial charge < -0.3 is 10.6 Å². The van der Waals surface area contributed by atoms with Crippen LogP contribution in [0.1, 0.15) is 57.8 Å². The zero-order chi connectivity index (χ0) is 25.0. The zero-order valence-corrected chi connectivity index (χ0v) is 19.0. The highest BCUT2D eigenvalue weighted by atomic mass is 19.4. The maximum absolute atomic E-state index is 12.9. The Hall–Kier alpha value is -3.69. The van der Waals surface area contributed by atoms with Gasteiger partial charge in [0.2, 0.25) is 0 Å². The van der Waals surface area contributed by atoms with Crippen molar-refractivity contribution in [3.05, 3.63) is 75.3 Å². The number of fused-ring (bicyclic) bond motifs is 2. The van der Waals surface area contributed by atoms with Crippen molar-refractivity contribution in [2.45, 2.75) is 44.8 Å². The van der Waals surface area contributed by atoms with Crippen LogP contribution < -0.4 is 16.2 Å². The molecule has 2 heterocycles. The molecule has 0 radical (unpaired) electrons. The minimum absolute atomic E-state index is 0.0889. The molecule has 0 bridgehead atoms. The first-order valence-electron chi connectivity index (χ1n) is 11.5. The first kappa shape index (κ1) is 24.4. The molecule has 2 aromatic carbocycles. The molecule has 0 unspecified atom stereocenters. The van der Waals surface area contributed by atoms with E-state index in [2.05, 4.69) is 15.6 Å². The number of amides is 2. The lowest BCUT2D eigenvalue weighted by Gasteiger charge is -2.16. The second kappa shape index (κ2) is 10.3. The van der Waals surface area contributed by atoms with E-state index in [1.807, 2.05) is 0 Å². The lowest BCUT2D eigenvalue weighted by atomic mass is 10.1. The Kier molecular flexibility index (Phi) is 7.18. The second-order valence-electron chi connectivity index (χ2n) is 8.47. The van der Waals surface area contributed by atoms with Crippen LogP contribution in [-0.4, -0.2) is 34.5 Å². The molecule has 0 spiro atoms. The van der Waals surface area contributed by atoms with Crippen LogP contribution in [0.5, 0.6) is 0 Å². The fraction of sp³-hybridized carbons (Fsp3) is 0.360. The number of carbonyl (C=O) groups excluding carboxylic acids is 2. The van der Waals surface area contributed by atoms with Gasteiger partial charge in [-0.3, -0.25) is 19.0 Å². The summed E-state index contributed by atoms with van der Waals surface area (Å²) in [6, 6.07) is 8.66. The molecule has 1 aliphatic heterocycles. The van der Waals surface area contributed by atoms with E-state index in [4.69, 9.17) is 0 Å². The van der Waals surface area contributed by atoms with Crippen LogP contribution in [0, 0.1) is 0 Å². The Morgan fingerprint density at radius 3 is 2.20 bits per heavy atom. The van der Waals surface area contributed by atoms with Crippen LogP contribution in [-0.2, 0) is 19.1 Å². The molecule has 1 aliphatic rings. The fourth-order valence-electron chi connectivity index (χ4n) is 4.10. The number of hydrogen-bond acceptors (Lipinski definition) is 4. The predicted molar refractivity (Wildman–Crippen MR) is 124 cm³/mol. The monoisotopic (exact) mass is 486 g/mol. The third-order valence-electron chi connectivity index (χ3n) is 6.00. The van der Waals surface area contributed by atoms with Crippen molar-refractivity contribution in [2.24, 2.45) is 0 Å². The van der Waals surface area contributed by atoms with Gasteiger partial charge in [-0.25, -0.2) is 4.98 Å². The smallest absolute Gasteiger partial charge is 0.350 e. The van der Waals surface area contributed by atoms with Gasteiger partial charge in [0.05, 0.1) is 16.5 Å². The van der Waals surface area contributed by atoms with Crippen molar-refractivity contribution < 1.29 is 22.8 Å². The number of nitrogens with one attached hydrogen (secondary N) is 2. The van der Waals surface area contributed by atoms with E-state index in [-0.39, 0.29) is 30.1 Å². The van der Waals surface area contributed by atoms with E-state index in [0.29, 0.717) is 23.0 Å². The fourth-order valence-corrected chi connectivity index (χ4v) is 4.10. The van der Waals surface area contributed by atoms with Crippen molar-refractivity contribution >= 4 is 22.7 Å². The second-order valence-corrected chi connectivity index (χ2v) is 8.47. The molecule has 0 fully saturated rings. The van der Waals surface area contributed by atoms with E-state index in [0.717, 1.165) is 62.2 Å². The van der Waals surface area contributed by atoms with Gasteiger partial charge in [0, 0.05) is 37.2 Å². The standard InChI is InChI=1S/C25H25F3N4O3/c26-25(27,28)18-9-6-16(7-10-18)22(33)29-12-13-30-23(34)17-8-11-19-20(15-17)31-21-5-3-1-2-4-14-32(21)24(19)35/h6-11,15H,1-5,12-14H2,(H,29,33)(H,30,34). The summed E-state index contributed by atoms with van der Waals surface area (Å²) in [5.74, 6) is -0.185. The topological polar surface area (TPSA) is 93.1 Å². The molecule has 0 saturated carbocycles. The number of aromatic nitrogens is 2. The van der Waals surface area contributed by atoms with Crippen molar-refractivity contribution in [3.63, 3.8) is 0 Å².